The molecule has 2 atom stereocenters. The van der Waals surface area contributed by atoms with E-state index in [1.807, 2.05) is 12.4 Å². The molecule has 1 aromatic heterocycles. The van der Waals surface area contributed by atoms with Crippen molar-refractivity contribution in [3.63, 3.8) is 0 Å². The molecule has 0 amide bonds. The van der Waals surface area contributed by atoms with Gasteiger partial charge in [0.05, 0.1) is 12.6 Å². The normalized spacial score (nSPS) is 14.6. The smallest absolute Gasteiger partial charge is 0.0590 e. The van der Waals surface area contributed by atoms with E-state index in [9.17, 15) is 0 Å². The summed E-state index contributed by atoms with van der Waals surface area (Å²) in [7, 11) is 1.76. The first kappa shape index (κ1) is 18.1. The Bertz CT molecular complexity index is 368. The van der Waals surface area contributed by atoms with Crippen molar-refractivity contribution in [3.8, 4) is 0 Å². The lowest BCUT2D eigenvalue weighted by atomic mass is 9.94. The lowest BCUT2D eigenvalue weighted by molar-refractivity contribution is 0.0671. The van der Waals surface area contributed by atoms with E-state index in [4.69, 9.17) is 10.5 Å². The van der Waals surface area contributed by atoms with Gasteiger partial charge >= 0.3 is 0 Å². The number of ether oxygens (including phenoxy) is 1. The molecule has 1 aromatic rings. The molecule has 120 valence electrons. The molecule has 2 N–H and O–H groups in total. The molecule has 0 aliphatic rings. The number of aromatic nitrogens is 1. The van der Waals surface area contributed by atoms with Crippen LogP contribution in [0.5, 0.6) is 0 Å². The summed E-state index contributed by atoms with van der Waals surface area (Å²) in [6.45, 7) is 8.28. The molecule has 0 radical (unpaired) electrons. The van der Waals surface area contributed by atoms with Gasteiger partial charge in [0.15, 0.2) is 0 Å². The van der Waals surface area contributed by atoms with Gasteiger partial charge in [-0.2, -0.15) is 0 Å². The van der Waals surface area contributed by atoms with Gasteiger partial charge in [0.25, 0.3) is 0 Å². The lowest BCUT2D eigenvalue weighted by Gasteiger charge is -2.40. The molecular formula is C17H31N3O. The van der Waals surface area contributed by atoms with E-state index in [0.717, 1.165) is 32.4 Å². The van der Waals surface area contributed by atoms with E-state index < -0.39 is 0 Å². The molecule has 4 nitrogen and oxygen atoms in total. The summed E-state index contributed by atoms with van der Waals surface area (Å²) < 4.78 is 5.32. The molecular weight excluding hydrogens is 262 g/mol. The minimum atomic E-state index is 0.116. The summed E-state index contributed by atoms with van der Waals surface area (Å²) in [6.07, 6.45) is 6.91. The third-order valence-corrected chi connectivity index (χ3v) is 4.25. The maximum Gasteiger partial charge on any atom is 0.0590 e. The van der Waals surface area contributed by atoms with Crippen LogP contribution in [0, 0.1) is 0 Å². The number of hydrogen-bond donors (Lipinski definition) is 1. The van der Waals surface area contributed by atoms with Gasteiger partial charge in [-0.15, -0.1) is 0 Å². The van der Waals surface area contributed by atoms with Crippen molar-refractivity contribution in [2.24, 2.45) is 5.73 Å². The number of hydrogen-bond acceptors (Lipinski definition) is 4. The van der Waals surface area contributed by atoms with E-state index in [2.05, 4.69) is 42.8 Å². The van der Waals surface area contributed by atoms with E-state index >= 15 is 0 Å². The van der Waals surface area contributed by atoms with Crippen LogP contribution in [0.4, 0.5) is 0 Å². The highest BCUT2D eigenvalue weighted by molar-refractivity contribution is 5.18. The summed E-state index contributed by atoms with van der Waals surface area (Å²) in [4.78, 5) is 6.66. The predicted molar refractivity (Wildman–Crippen MR) is 88.2 cm³/mol. The Morgan fingerprint density at radius 2 is 1.76 bits per heavy atom. The van der Waals surface area contributed by atoms with Crippen LogP contribution >= 0.6 is 0 Å². The Balaban J connectivity index is 3.10. The van der Waals surface area contributed by atoms with Gasteiger partial charge in [-0.1, -0.05) is 20.8 Å². The number of nitrogens with two attached hydrogens (primary N) is 1. The van der Waals surface area contributed by atoms with Gasteiger partial charge in [0, 0.05) is 38.1 Å². The fourth-order valence-electron chi connectivity index (χ4n) is 2.97. The largest absolute Gasteiger partial charge is 0.383 e. The highest BCUT2D eigenvalue weighted by atomic mass is 16.5. The Kier molecular flexibility index (Phi) is 8.50. The van der Waals surface area contributed by atoms with Gasteiger partial charge in [0.1, 0.15) is 0 Å². The standard InChI is InChI=1S/C17H31N3O/c1-5-15(6-2)20(12-13-21-4)17(16(18)7-3)14-8-10-19-11-9-14/h8-11,15-17H,5-7,12-13,18H2,1-4H3. The average molecular weight is 293 g/mol. The first-order valence-electron chi connectivity index (χ1n) is 8.09. The van der Waals surface area contributed by atoms with Crippen molar-refractivity contribution >= 4 is 0 Å². The maximum atomic E-state index is 6.47. The van der Waals surface area contributed by atoms with Crippen molar-refractivity contribution in [1.82, 2.24) is 9.88 Å². The fraction of sp³-hybridized carbons (Fsp3) is 0.706. The predicted octanol–water partition coefficient (Wildman–Crippen LogP) is 3.00. The fourth-order valence-corrected chi connectivity index (χ4v) is 2.97. The maximum absolute atomic E-state index is 6.47. The molecule has 2 unspecified atom stereocenters. The van der Waals surface area contributed by atoms with Crippen LogP contribution in [-0.4, -0.2) is 42.2 Å². The third-order valence-electron chi connectivity index (χ3n) is 4.25. The summed E-state index contributed by atoms with van der Waals surface area (Å²) >= 11 is 0. The molecule has 0 bridgehead atoms. The zero-order valence-electron chi connectivity index (χ0n) is 14.0. The molecule has 0 aliphatic carbocycles. The topological polar surface area (TPSA) is 51.4 Å². The van der Waals surface area contributed by atoms with Crippen LogP contribution in [-0.2, 0) is 4.74 Å². The van der Waals surface area contributed by atoms with E-state index in [0.29, 0.717) is 6.04 Å². The number of methoxy groups -OCH3 is 1. The minimum Gasteiger partial charge on any atom is -0.383 e. The van der Waals surface area contributed by atoms with Crippen LogP contribution in [0.15, 0.2) is 24.5 Å². The molecule has 0 aromatic carbocycles. The summed E-state index contributed by atoms with van der Waals surface area (Å²) in [5, 5.41) is 0. The second kappa shape index (κ2) is 9.87. The zero-order valence-corrected chi connectivity index (χ0v) is 14.0. The summed E-state index contributed by atoms with van der Waals surface area (Å²) in [5.74, 6) is 0. The minimum absolute atomic E-state index is 0.116. The van der Waals surface area contributed by atoms with Crippen LogP contribution in [0.3, 0.4) is 0 Å². The van der Waals surface area contributed by atoms with Crippen LogP contribution in [0.25, 0.3) is 0 Å². The number of nitrogens with zero attached hydrogens (tertiary/aromatic N) is 2. The molecule has 4 heteroatoms. The second-order valence-corrected chi connectivity index (χ2v) is 5.50. The first-order valence-corrected chi connectivity index (χ1v) is 8.09. The van der Waals surface area contributed by atoms with E-state index in [1.54, 1.807) is 7.11 Å². The Hall–Kier alpha value is -0.970. The van der Waals surface area contributed by atoms with Gasteiger partial charge in [-0.05, 0) is 37.0 Å². The van der Waals surface area contributed by atoms with Crippen molar-refractivity contribution in [3.05, 3.63) is 30.1 Å². The van der Waals surface area contributed by atoms with Crippen molar-refractivity contribution in [2.75, 3.05) is 20.3 Å². The Labute approximate surface area is 129 Å². The third kappa shape index (κ3) is 5.06. The Morgan fingerprint density at radius 1 is 1.14 bits per heavy atom. The number of pyridine rings is 1. The quantitative estimate of drug-likeness (QED) is 0.720. The molecule has 0 saturated carbocycles. The molecule has 0 spiro atoms. The van der Waals surface area contributed by atoms with Gasteiger partial charge in [0.2, 0.25) is 0 Å². The van der Waals surface area contributed by atoms with Gasteiger partial charge < -0.3 is 10.5 Å². The second-order valence-electron chi connectivity index (χ2n) is 5.50. The van der Waals surface area contributed by atoms with Crippen molar-refractivity contribution < 1.29 is 4.74 Å². The zero-order chi connectivity index (χ0) is 15.7. The molecule has 1 heterocycles. The average Bonchev–Trinajstić information content (AvgIpc) is 2.54. The molecule has 0 fully saturated rings. The first-order chi connectivity index (χ1) is 10.2. The molecule has 0 saturated heterocycles. The van der Waals surface area contributed by atoms with Crippen LogP contribution in [0.2, 0.25) is 0 Å². The molecule has 21 heavy (non-hydrogen) atoms. The van der Waals surface area contributed by atoms with E-state index in [-0.39, 0.29) is 12.1 Å². The summed E-state index contributed by atoms with van der Waals surface area (Å²) in [5.41, 5.74) is 7.72. The summed E-state index contributed by atoms with van der Waals surface area (Å²) in [6, 6.07) is 5.03. The monoisotopic (exact) mass is 293 g/mol. The van der Waals surface area contributed by atoms with Gasteiger partial charge in [-0.25, -0.2) is 0 Å². The molecule has 1 rings (SSSR count). The Morgan fingerprint density at radius 3 is 2.24 bits per heavy atom. The van der Waals surface area contributed by atoms with Crippen LogP contribution < -0.4 is 5.73 Å². The van der Waals surface area contributed by atoms with Crippen molar-refractivity contribution in [2.45, 2.75) is 58.2 Å². The van der Waals surface area contributed by atoms with Gasteiger partial charge in [-0.3, -0.25) is 9.88 Å². The van der Waals surface area contributed by atoms with Crippen LogP contribution in [0.1, 0.15) is 51.6 Å². The van der Waals surface area contributed by atoms with Crippen molar-refractivity contribution in [1.29, 1.82) is 0 Å². The highest BCUT2D eigenvalue weighted by Crippen LogP contribution is 2.28. The SMILES string of the molecule is CCC(N)C(c1ccncc1)N(CCOC)C(CC)CC. The number of rotatable bonds is 10. The lowest BCUT2D eigenvalue weighted by Crippen LogP contribution is -2.47. The highest BCUT2D eigenvalue weighted by Gasteiger charge is 2.29. The molecule has 0 aliphatic heterocycles. The van der Waals surface area contributed by atoms with E-state index in [1.165, 1.54) is 5.56 Å².